The Morgan fingerprint density at radius 3 is 2.89 bits per heavy atom. The van der Waals surface area contributed by atoms with Gasteiger partial charge in [0.2, 0.25) is 0 Å². The van der Waals surface area contributed by atoms with Gasteiger partial charge in [-0.1, -0.05) is 13.8 Å². The molecule has 1 aromatic heterocycles. The van der Waals surface area contributed by atoms with Gasteiger partial charge in [-0.05, 0) is 44.6 Å². The van der Waals surface area contributed by atoms with Gasteiger partial charge in [0.05, 0.1) is 18.3 Å². The largest absolute Gasteiger partial charge is 0.394 e. The first-order valence-corrected chi connectivity index (χ1v) is 7.09. The molecular formula is C14H25N3O. The molecule has 0 aromatic carbocycles. The average molecular weight is 251 g/mol. The molecule has 4 nitrogen and oxygen atoms in total. The highest BCUT2D eigenvalue weighted by Gasteiger charge is 2.34. The van der Waals surface area contributed by atoms with Gasteiger partial charge in [0.15, 0.2) is 0 Å². The smallest absolute Gasteiger partial charge is 0.0624 e. The number of rotatable bonds is 4. The molecule has 18 heavy (non-hydrogen) atoms. The van der Waals surface area contributed by atoms with Crippen molar-refractivity contribution in [3.63, 3.8) is 0 Å². The summed E-state index contributed by atoms with van der Waals surface area (Å²) in [6.07, 6.45) is 5.92. The molecule has 1 aliphatic carbocycles. The van der Waals surface area contributed by atoms with Crippen LogP contribution in [0, 0.1) is 0 Å². The summed E-state index contributed by atoms with van der Waals surface area (Å²) in [5, 5.41) is 14.1. The van der Waals surface area contributed by atoms with Gasteiger partial charge in [0.25, 0.3) is 0 Å². The lowest BCUT2D eigenvalue weighted by Gasteiger charge is -2.37. The van der Waals surface area contributed by atoms with Crippen LogP contribution in [-0.4, -0.2) is 27.0 Å². The quantitative estimate of drug-likeness (QED) is 0.858. The average Bonchev–Trinajstić information content (AvgIpc) is 2.82. The Bertz CT molecular complexity index is 402. The van der Waals surface area contributed by atoms with E-state index in [1.165, 1.54) is 5.69 Å². The second-order valence-corrected chi connectivity index (χ2v) is 5.55. The Labute approximate surface area is 109 Å². The maximum absolute atomic E-state index is 9.44. The lowest BCUT2D eigenvalue weighted by Crippen LogP contribution is -2.48. The van der Waals surface area contributed by atoms with E-state index in [1.807, 2.05) is 0 Å². The minimum absolute atomic E-state index is 0.0763. The van der Waals surface area contributed by atoms with Gasteiger partial charge in [-0.15, -0.1) is 0 Å². The molecule has 1 aromatic rings. The van der Waals surface area contributed by atoms with Crippen LogP contribution >= 0.6 is 0 Å². The molecule has 0 amide bonds. The van der Waals surface area contributed by atoms with Crippen LogP contribution in [-0.2, 0) is 12.8 Å². The SMILES string of the molecule is CCc1cc(CC)n(C2CCCC(N)(CO)C2)n1. The molecule has 0 aliphatic heterocycles. The number of hydrogen-bond donors (Lipinski definition) is 2. The first-order chi connectivity index (χ1) is 8.61. The topological polar surface area (TPSA) is 64.1 Å². The molecule has 2 rings (SSSR count). The summed E-state index contributed by atoms with van der Waals surface area (Å²) >= 11 is 0. The van der Waals surface area contributed by atoms with Crippen molar-refractivity contribution < 1.29 is 5.11 Å². The zero-order chi connectivity index (χ0) is 13.2. The van der Waals surface area contributed by atoms with Crippen molar-refractivity contribution in [2.75, 3.05) is 6.61 Å². The van der Waals surface area contributed by atoms with E-state index in [9.17, 15) is 5.11 Å². The molecule has 0 saturated heterocycles. The van der Waals surface area contributed by atoms with E-state index in [2.05, 4.69) is 24.6 Å². The van der Waals surface area contributed by atoms with E-state index in [0.29, 0.717) is 6.04 Å². The fourth-order valence-corrected chi connectivity index (χ4v) is 2.96. The second kappa shape index (κ2) is 5.41. The summed E-state index contributed by atoms with van der Waals surface area (Å²) in [6.45, 7) is 4.37. The van der Waals surface area contributed by atoms with Gasteiger partial charge in [-0.3, -0.25) is 4.68 Å². The van der Waals surface area contributed by atoms with Crippen molar-refractivity contribution in [3.8, 4) is 0 Å². The van der Waals surface area contributed by atoms with E-state index in [1.54, 1.807) is 0 Å². The highest BCUT2D eigenvalue weighted by Crippen LogP contribution is 2.34. The third-order valence-corrected chi connectivity index (χ3v) is 4.10. The van der Waals surface area contributed by atoms with Crippen molar-refractivity contribution >= 4 is 0 Å². The molecule has 3 N–H and O–H groups in total. The zero-order valence-corrected chi connectivity index (χ0v) is 11.5. The molecule has 1 aliphatic rings. The summed E-state index contributed by atoms with van der Waals surface area (Å²) in [5.41, 5.74) is 8.26. The zero-order valence-electron chi connectivity index (χ0n) is 11.5. The number of hydrogen-bond acceptors (Lipinski definition) is 3. The van der Waals surface area contributed by atoms with Gasteiger partial charge in [0, 0.05) is 11.2 Å². The summed E-state index contributed by atoms with van der Waals surface area (Å²) < 4.78 is 2.16. The number of aliphatic hydroxyl groups excluding tert-OH is 1. The van der Waals surface area contributed by atoms with Crippen LogP contribution in [0.2, 0.25) is 0 Å². The third kappa shape index (κ3) is 2.59. The predicted molar refractivity (Wildman–Crippen MR) is 72.5 cm³/mol. The van der Waals surface area contributed by atoms with Crippen LogP contribution in [0.4, 0.5) is 0 Å². The predicted octanol–water partition coefficient (Wildman–Crippen LogP) is 1.81. The first-order valence-electron chi connectivity index (χ1n) is 7.09. The van der Waals surface area contributed by atoms with Gasteiger partial charge < -0.3 is 10.8 Å². The Balaban J connectivity index is 2.22. The Kier molecular flexibility index (Phi) is 4.07. The number of nitrogens with two attached hydrogens (primary N) is 1. The summed E-state index contributed by atoms with van der Waals surface area (Å²) in [4.78, 5) is 0. The molecule has 102 valence electrons. The fraction of sp³-hybridized carbons (Fsp3) is 0.786. The van der Waals surface area contributed by atoms with Crippen molar-refractivity contribution in [2.45, 2.75) is 64.0 Å². The number of aryl methyl sites for hydroxylation is 2. The lowest BCUT2D eigenvalue weighted by molar-refractivity contribution is 0.126. The molecule has 1 saturated carbocycles. The molecule has 2 unspecified atom stereocenters. The maximum atomic E-state index is 9.44. The van der Waals surface area contributed by atoms with Crippen molar-refractivity contribution in [1.82, 2.24) is 9.78 Å². The van der Waals surface area contributed by atoms with Crippen LogP contribution in [0.3, 0.4) is 0 Å². The van der Waals surface area contributed by atoms with Crippen LogP contribution in [0.1, 0.15) is 57.0 Å². The standard InChI is InChI=1S/C14H25N3O/c1-3-11-8-12(4-2)17(16-11)13-6-5-7-14(15,9-13)10-18/h8,13,18H,3-7,9-10,15H2,1-2H3. The van der Waals surface area contributed by atoms with Gasteiger partial charge >= 0.3 is 0 Å². The Hall–Kier alpha value is -0.870. The molecule has 4 heteroatoms. The summed E-state index contributed by atoms with van der Waals surface area (Å²) in [7, 11) is 0. The van der Waals surface area contributed by atoms with Crippen molar-refractivity contribution in [1.29, 1.82) is 0 Å². The number of aromatic nitrogens is 2. The summed E-state index contributed by atoms with van der Waals surface area (Å²) in [6, 6.07) is 2.55. The van der Waals surface area contributed by atoms with Crippen LogP contribution in [0.5, 0.6) is 0 Å². The third-order valence-electron chi connectivity index (χ3n) is 4.10. The monoisotopic (exact) mass is 251 g/mol. The minimum atomic E-state index is -0.410. The van der Waals surface area contributed by atoms with E-state index in [-0.39, 0.29) is 6.61 Å². The first kappa shape index (κ1) is 13.6. The van der Waals surface area contributed by atoms with E-state index in [0.717, 1.165) is 44.2 Å². The maximum Gasteiger partial charge on any atom is 0.0624 e. The molecule has 0 bridgehead atoms. The number of nitrogens with zero attached hydrogens (tertiary/aromatic N) is 2. The van der Waals surface area contributed by atoms with Crippen molar-refractivity contribution in [2.24, 2.45) is 5.73 Å². The molecule has 1 heterocycles. The molecule has 2 atom stereocenters. The van der Waals surface area contributed by atoms with Crippen LogP contribution in [0.15, 0.2) is 6.07 Å². The van der Waals surface area contributed by atoms with Gasteiger partial charge in [0.1, 0.15) is 0 Å². The molecule has 0 spiro atoms. The molecule has 0 radical (unpaired) electrons. The van der Waals surface area contributed by atoms with Crippen molar-refractivity contribution in [3.05, 3.63) is 17.5 Å². The van der Waals surface area contributed by atoms with E-state index in [4.69, 9.17) is 10.8 Å². The second-order valence-electron chi connectivity index (χ2n) is 5.55. The van der Waals surface area contributed by atoms with Gasteiger partial charge in [-0.2, -0.15) is 5.10 Å². The molecular weight excluding hydrogens is 226 g/mol. The van der Waals surface area contributed by atoms with E-state index >= 15 is 0 Å². The normalized spacial score (nSPS) is 28.6. The minimum Gasteiger partial charge on any atom is -0.394 e. The number of aliphatic hydroxyl groups is 1. The highest BCUT2D eigenvalue weighted by molar-refractivity contribution is 5.12. The molecule has 1 fully saturated rings. The lowest BCUT2D eigenvalue weighted by atomic mass is 9.80. The van der Waals surface area contributed by atoms with E-state index < -0.39 is 5.54 Å². The fourth-order valence-electron chi connectivity index (χ4n) is 2.96. The van der Waals surface area contributed by atoms with Gasteiger partial charge in [-0.25, -0.2) is 0 Å². The summed E-state index contributed by atoms with van der Waals surface area (Å²) in [5.74, 6) is 0. The van der Waals surface area contributed by atoms with Crippen LogP contribution in [0.25, 0.3) is 0 Å². The Morgan fingerprint density at radius 1 is 1.50 bits per heavy atom. The Morgan fingerprint density at radius 2 is 2.28 bits per heavy atom. The highest BCUT2D eigenvalue weighted by atomic mass is 16.3. The van der Waals surface area contributed by atoms with Crippen LogP contribution < -0.4 is 5.73 Å².